The van der Waals surface area contributed by atoms with E-state index >= 15 is 0 Å². The van der Waals surface area contributed by atoms with Crippen LogP contribution >= 0.6 is 11.3 Å². The highest BCUT2D eigenvalue weighted by atomic mass is 32.1. The number of hydrogen-bond acceptors (Lipinski definition) is 4. The molecule has 0 amide bonds. The van der Waals surface area contributed by atoms with Gasteiger partial charge in [0.15, 0.2) is 5.82 Å². The lowest BCUT2D eigenvalue weighted by molar-refractivity contribution is 0.528. The SMILES string of the molecule is CC(C)(C)c1nnc2sc(-c3cccc4ccccc34)nn12. The maximum atomic E-state index is 4.77. The summed E-state index contributed by atoms with van der Waals surface area (Å²) in [7, 11) is 0. The van der Waals surface area contributed by atoms with Crippen molar-refractivity contribution in [2.75, 3.05) is 0 Å². The third kappa shape index (κ3) is 2.01. The lowest BCUT2D eigenvalue weighted by atomic mass is 9.96. The van der Waals surface area contributed by atoms with E-state index in [4.69, 9.17) is 5.10 Å². The summed E-state index contributed by atoms with van der Waals surface area (Å²) in [6.07, 6.45) is 0. The molecule has 0 fully saturated rings. The first-order valence-corrected chi connectivity index (χ1v) is 8.06. The third-order valence-corrected chi connectivity index (χ3v) is 4.61. The van der Waals surface area contributed by atoms with Crippen molar-refractivity contribution in [3.63, 3.8) is 0 Å². The lowest BCUT2D eigenvalue weighted by Crippen LogP contribution is -2.16. The van der Waals surface area contributed by atoms with Crippen LogP contribution in [0.25, 0.3) is 26.3 Å². The molecule has 2 heterocycles. The van der Waals surface area contributed by atoms with Gasteiger partial charge in [-0.25, -0.2) is 0 Å². The zero-order valence-electron chi connectivity index (χ0n) is 12.7. The maximum Gasteiger partial charge on any atom is 0.235 e. The fourth-order valence-corrected chi connectivity index (χ4v) is 3.48. The smallest absolute Gasteiger partial charge is 0.186 e. The second-order valence-electron chi connectivity index (χ2n) is 6.40. The predicted molar refractivity (Wildman–Crippen MR) is 90.3 cm³/mol. The number of rotatable bonds is 1. The molecule has 4 aromatic rings. The van der Waals surface area contributed by atoms with E-state index in [1.807, 2.05) is 4.52 Å². The van der Waals surface area contributed by atoms with E-state index in [0.29, 0.717) is 0 Å². The Morgan fingerprint density at radius 1 is 0.955 bits per heavy atom. The fraction of sp³-hybridized carbons (Fsp3) is 0.235. The molecule has 4 nitrogen and oxygen atoms in total. The zero-order chi connectivity index (χ0) is 15.3. The average molecular weight is 308 g/mol. The van der Waals surface area contributed by atoms with Crippen molar-refractivity contribution in [2.45, 2.75) is 26.2 Å². The van der Waals surface area contributed by atoms with Crippen molar-refractivity contribution in [1.29, 1.82) is 0 Å². The Bertz CT molecular complexity index is 970. The molecule has 0 atom stereocenters. The molecule has 5 heteroatoms. The molecule has 2 aromatic heterocycles. The molecular weight excluding hydrogens is 292 g/mol. The summed E-state index contributed by atoms with van der Waals surface area (Å²) >= 11 is 1.58. The molecule has 4 rings (SSSR count). The van der Waals surface area contributed by atoms with Gasteiger partial charge < -0.3 is 0 Å². The van der Waals surface area contributed by atoms with Gasteiger partial charge in [0, 0.05) is 11.0 Å². The van der Waals surface area contributed by atoms with Gasteiger partial charge in [-0.3, -0.25) is 0 Å². The summed E-state index contributed by atoms with van der Waals surface area (Å²) in [5.41, 5.74) is 1.07. The molecule has 0 unspecified atom stereocenters. The molecule has 0 bridgehead atoms. The van der Waals surface area contributed by atoms with Crippen LogP contribution in [0.1, 0.15) is 26.6 Å². The minimum absolute atomic E-state index is 0.0798. The highest BCUT2D eigenvalue weighted by molar-refractivity contribution is 7.19. The topological polar surface area (TPSA) is 43.1 Å². The van der Waals surface area contributed by atoms with Crippen LogP contribution in [0.4, 0.5) is 0 Å². The van der Waals surface area contributed by atoms with Crippen LogP contribution in [0.15, 0.2) is 42.5 Å². The van der Waals surface area contributed by atoms with Crippen LogP contribution in [0.3, 0.4) is 0 Å². The van der Waals surface area contributed by atoms with E-state index in [9.17, 15) is 0 Å². The average Bonchev–Trinajstić information content (AvgIpc) is 3.05. The largest absolute Gasteiger partial charge is 0.235 e. The lowest BCUT2D eigenvalue weighted by Gasteiger charge is -2.13. The van der Waals surface area contributed by atoms with Gasteiger partial charge >= 0.3 is 0 Å². The molecule has 0 aliphatic heterocycles. The molecule has 110 valence electrons. The Kier molecular flexibility index (Phi) is 2.81. The van der Waals surface area contributed by atoms with Crippen LogP contribution in [0, 0.1) is 0 Å². The second-order valence-corrected chi connectivity index (χ2v) is 7.36. The van der Waals surface area contributed by atoms with Crippen LogP contribution in [0.5, 0.6) is 0 Å². The Labute approximate surface area is 132 Å². The summed E-state index contributed by atoms with van der Waals surface area (Å²) in [5.74, 6) is 0.894. The number of nitrogens with zero attached hydrogens (tertiary/aromatic N) is 4. The number of hydrogen-bond donors (Lipinski definition) is 0. The summed E-state index contributed by atoms with van der Waals surface area (Å²) in [6, 6.07) is 14.7. The molecule has 0 saturated carbocycles. The van der Waals surface area contributed by atoms with E-state index in [0.717, 1.165) is 21.4 Å². The van der Waals surface area contributed by atoms with Crippen molar-refractivity contribution >= 4 is 27.1 Å². The maximum absolute atomic E-state index is 4.77. The zero-order valence-corrected chi connectivity index (χ0v) is 13.6. The van der Waals surface area contributed by atoms with Gasteiger partial charge in [-0.15, -0.1) is 10.2 Å². The summed E-state index contributed by atoms with van der Waals surface area (Å²) in [5, 5.41) is 16.8. The molecule has 0 N–H and O–H groups in total. The van der Waals surface area contributed by atoms with Gasteiger partial charge in [0.2, 0.25) is 4.96 Å². The van der Waals surface area contributed by atoms with E-state index < -0.39 is 0 Å². The van der Waals surface area contributed by atoms with Gasteiger partial charge in [-0.1, -0.05) is 74.6 Å². The number of benzene rings is 2. The Morgan fingerprint density at radius 2 is 1.73 bits per heavy atom. The summed E-state index contributed by atoms with van der Waals surface area (Å²) < 4.78 is 1.88. The van der Waals surface area contributed by atoms with Crippen molar-refractivity contribution in [1.82, 2.24) is 19.8 Å². The quantitative estimate of drug-likeness (QED) is 0.526. The molecule has 0 spiro atoms. The normalized spacial score (nSPS) is 12.3. The first-order chi connectivity index (χ1) is 10.5. The number of aromatic nitrogens is 4. The Hall–Kier alpha value is -2.27. The Balaban J connectivity index is 1.96. The van der Waals surface area contributed by atoms with Crippen LogP contribution < -0.4 is 0 Å². The van der Waals surface area contributed by atoms with Gasteiger partial charge in [0.1, 0.15) is 5.01 Å². The minimum Gasteiger partial charge on any atom is -0.186 e. The van der Waals surface area contributed by atoms with Crippen LogP contribution in [-0.2, 0) is 5.41 Å². The molecule has 0 aliphatic rings. The van der Waals surface area contributed by atoms with E-state index in [2.05, 4.69) is 73.4 Å². The van der Waals surface area contributed by atoms with E-state index in [-0.39, 0.29) is 5.41 Å². The van der Waals surface area contributed by atoms with Crippen LogP contribution in [-0.4, -0.2) is 19.8 Å². The van der Waals surface area contributed by atoms with Gasteiger partial charge in [0.25, 0.3) is 0 Å². The summed E-state index contributed by atoms with van der Waals surface area (Å²) in [6.45, 7) is 6.38. The van der Waals surface area contributed by atoms with Crippen LogP contribution in [0.2, 0.25) is 0 Å². The fourth-order valence-electron chi connectivity index (χ4n) is 2.61. The van der Waals surface area contributed by atoms with Crippen molar-refractivity contribution in [3.8, 4) is 10.6 Å². The molecule has 0 aliphatic carbocycles. The molecule has 0 radical (unpaired) electrons. The first kappa shape index (κ1) is 13.4. The van der Waals surface area contributed by atoms with Crippen molar-refractivity contribution < 1.29 is 0 Å². The predicted octanol–water partition coefficient (Wildman–Crippen LogP) is 4.30. The number of fused-ring (bicyclic) bond motifs is 2. The summed E-state index contributed by atoms with van der Waals surface area (Å²) in [4.78, 5) is 0.841. The first-order valence-electron chi connectivity index (χ1n) is 7.25. The van der Waals surface area contributed by atoms with Gasteiger partial charge in [-0.05, 0) is 10.8 Å². The van der Waals surface area contributed by atoms with Gasteiger partial charge in [0.05, 0.1) is 0 Å². The van der Waals surface area contributed by atoms with Crippen molar-refractivity contribution in [2.24, 2.45) is 0 Å². The van der Waals surface area contributed by atoms with Gasteiger partial charge in [-0.2, -0.15) is 9.61 Å². The standard InChI is InChI=1S/C17H16N4S/c1-17(2,3)15-18-19-16-21(15)20-14(22-16)13-10-6-8-11-7-4-5-9-12(11)13/h4-10H,1-3H3. The highest BCUT2D eigenvalue weighted by Crippen LogP contribution is 2.32. The second kappa shape index (κ2) is 4.61. The van der Waals surface area contributed by atoms with E-state index in [1.165, 1.54) is 10.8 Å². The monoisotopic (exact) mass is 308 g/mol. The minimum atomic E-state index is -0.0798. The third-order valence-electron chi connectivity index (χ3n) is 3.68. The molecule has 22 heavy (non-hydrogen) atoms. The van der Waals surface area contributed by atoms with Crippen molar-refractivity contribution in [3.05, 3.63) is 48.3 Å². The molecule has 2 aromatic carbocycles. The van der Waals surface area contributed by atoms with E-state index in [1.54, 1.807) is 11.3 Å². The Morgan fingerprint density at radius 3 is 2.55 bits per heavy atom. The highest BCUT2D eigenvalue weighted by Gasteiger charge is 2.23. The molecule has 0 saturated heterocycles. The molecular formula is C17H16N4S.